The lowest BCUT2D eigenvalue weighted by Crippen LogP contribution is -2.16. The van der Waals surface area contributed by atoms with Gasteiger partial charge >= 0.3 is 0 Å². The molecule has 3 aromatic heterocycles. The third-order valence-corrected chi connectivity index (χ3v) is 14.6. The fourth-order valence-corrected chi connectivity index (χ4v) is 11.4. The van der Waals surface area contributed by atoms with Crippen LogP contribution >= 0.6 is 0 Å². The molecule has 3 aliphatic carbocycles. The summed E-state index contributed by atoms with van der Waals surface area (Å²) in [6, 6.07) is 57.3. The van der Waals surface area contributed by atoms with Crippen LogP contribution in [0.4, 0.5) is 17.1 Å². The van der Waals surface area contributed by atoms with Crippen molar-refractivity contribution in [3.05, 3.63) is 203 Å². The topological polar surface area (TPSA) is 42.7 Å². The summed E-state index contributed by atoms with van der Waals surface area (Å²) in [5.74, 6) is 1.06. The molecule has 14 rings (SSSR count). The Balaban J connectivity index is 0.966. The van der Waals surface area contributed by atoms with Gasteiger partial charge < -0.3 is 18.2 Å². The van der Waals surface area contributed by atoms with Crippen LogP contribution in [0.25, 0.3) is 94.8 Å². The molecule has 310 valence electrons. The lowest BCUT2D eigenvalue weighted by atomic mass is 9.82. The zero-order valence-corrected chi connectivity index (χ0v) is 36.2. The summed E-state index contributed by atoms with van der Waals surface area (Å²) in [6.07, 6.45) is 10.7. The van der Waals surface area contributed by atoms with Crippen LogP contribution in [0.3, 0.4) is 0 Å². The lowest BCUT2D eigenvalue weighted by Gasteiger charge is -2.28. The summed E-state index contributed by atoms with van der Waals surface area (Å²) >= 11 is 0. The molecule has 0 atom stereocenters. The van der Waals surface area contributed by atoms with Gasteiger partial charge in [0.1, 0.15) is 33.7 Å². The van der Waals surface area contributed by atoms with E-state index in [2.05, 4.69) is 183 Å². The number of aryl methyl sites for hydroxylation is 2. The summed E-state index contributed by atoms with van der Waals surface area (Å²) in [7, 11) is 0. The average Bonchev–Trinajstić information content (AvgIpc) is 4.09. The Bertz CT molecular complexity index is 3870. The van der Waals surface area contributed by atoms with Crippen molar-refractivity contribution in [1.29, 1.82) is 0 Å². The molecule has 0 unspecified atom stereocenters. The zero-order valence-electron chi connectivity index (χ0n) is 36.2. The van der Waals surface area contributed by atoms with E-state index in [0.29, 0.717) is 0 Å². The number of para-hydroxylation sites is 2. The van der Waals surface area contributed by atoms with Gasteiger partial charge in [-0.15, -0.1) is 0 Å². The molecule has 0 N–H and O–H groups in total. The van der Waals surface area contributed by atoms with E-state index in [-0.39, 0.29) is 5.41 Å². The van der Waals surface area contributed by atoms with Crippen LogP contribution in [0.1, 0.15) is 65.8 Å². The van der Waals surface area contributed by atoms with Crippen molar-refractivity contribution in [3.63, 3.8) is 0 Å². The van der Waals surface area contributed by atoms with Crippen molar-refractivity contribution in [2.45, 2.75) is 44.9 Å². The quantitative estimate of drug-likeness (QED) is 0.173. The van der Waals surface area contributed by atoms with Crippen LogP contribution in [-0.2, 0) is 18.3 Å². The van der Waals surface area contributed by atoms with Gasteiger partial charge in [-0.1, -0.05) is 135 Å². The number of hydrogen-bond donors (Lipinski definition) is 0. The molecule has 0 saturated heterocycles. The highest BCUT2D eigenvalue weighted by Crippen LogP contribution is 2.52. The van der Waals surface area contributed by atoms with Gasteiger partial charge in [0.25, 0.3) is 0 Å². The molecule has 4 nitrogen and oxygen atoms in total. The van der Waals surface area contributed by atoms with E-state index < -0.39 is 0 Å². The predicted molar refractivity (Wildman–Crippen MR) is 268 cm³/mol. The third kappa shape index (κ3) is 5.37. The summed E-state index contributed by atoms with van der Waals surface area (Å²) in [5.41, 5.74) is 21.4. The molecule has 0 saturated carbocycles. The van der Waals surface area contributed by atoms with Gasteiger partial charge in [0.15, 0.2) is 0 Å². The maximum Gasteiger partial charge on any atom is 0.143 e. The van der Waals surface area contributed by atoms with E-state index in [0.717, 1.165) is 120 Å². The van der Waals surface area contributed by atoms with Gasteiger partial charge in [0.2, 0.25) is 0 Å². The number of fused-ring (bicyclic) bond motifs is 13. The predicted octanol–water partition coefficient (Wildman–Crippen LogP) is 17.1. The summed E-state index contributed by atoms with van der Waals surface area (Å²) in [5, 5.41) is 5.55. The molecule has 4 heteroatoms. The summed E-state index contributed by atoms with van der Waals surface area (Å²) < 4.78 is 20.3. The van der Waals surface area contributed by atoms with E-state index >= 15 is 0 Å². The van der Waals surface area contributed by atoms with Crippen molar-refractivity contribution in [3.8, 4) is 22.3 Å². The maximum atomic E-state index is 7.05. The number of rotatable bonds is 5. The minimum Gasteiger partial charge on any atom is -0.460 e. The fourth-order valence-electron chi connectivity index (χ4n) is 11.4. The van der Waals surface area contributed by atoms with Crippen LogP contribution in [0, 0.1) is 0 Å². The Hall–Kier alpha value is -7.82. The Labute approximate surface area is 376 Å². The first-order chi connectivity index (χ1) is 32.0. The SMILES string of the molecule is CC1(C)c2ccccc2-c2ccc(N(c3ccc(-c4cccc5c4oc4ccccc45)cc3)c3ccc4oc5c(C6=Cc7ccccc7CC6)c6c7c(oc6cc5c4c3)CCC=C7)cc21. The van der Waals surface area contributed by atoms with Crippen LogP contribution in [0.5, 0.6) is 0 Å². The van der Waals surface area contributed by atoms with Crippen LogP contribution in [0.15, 0.2) is 177 Å². The highest BCUT2D eigenvalue weighted by Gasteiger charge is 2.36. The molecule has 3 heterocycles. The van der Waals surface area contributed by atoms with Gasteiger partial charge in [0, 0.05) is 72.5 Å². The zero-order chi connectivity index (χ0) is 43.0. The minimum atomic E-state index is -0.152. The minimum absolute atomic E-state index is 0.152. The first-order valence-electron chi connectivity index (χ1n) is 22.9. The molecular weight excluding hydrogens is 795 g/mol. The second-order valence-corrected chi connectivity index (χ2v) is 18.6. The average molecular weight is 838 g/mol. The van der Waals surface area contributed by atoms with Gasteiger partial charge in [-0.25, -0.2) is 0 Å². The number of anilines is 3. The van der Waals surface area contributed by atoms with Crippen molar-refractivity contribution in [2.24, 2.45) is 0 Å². The Morgan fingerprint density at radius 2 is 1.25 bits per heavy atom. The Morgan fingerprint density at radius 3 is 2.18 bits per heavy atom. The van der Waals surface area contributed by atoms with E-state index in [4.69, 9.17) is 13.3 Å². The number of furan rings is 3. The summed E-state index contributed by atoms with van der Waals surface area (Å²) in [4.78, 5) is 2.40. The van der Waals surface area contributed by atoms with E-state index in [1.165, 1.54) is 44.5 Å². The second-order valence-electron chi connectivity index (χ2n) is 18.6. The van der Waals surface area contributed by atoms with Crippen LogP contribution < -0.4 is 4.90 Å². The Kier molecular flexibility index (Phi) is 7.66. The molecular formula is C61H43NO3. The van der Waals surface area contributed by atoms with Gasteiger partial charge in [0.05, 0.1) is 0 Å². The molecule has 0 aliphatic heterocycles. The van der Waals surface area contributed by atoms with Crippen molar-refractivity contribution in [2.75, 3.05) is 4.90 Å². The van der Waals surface area contributed by atoms with Gasteiger partial charge in [-0.3, -0.25) is 0 Å². The van der Waals surface area contributed by atoms with E-state index in [1.54, 1.807) is 0 Å². The molecule has 3 aliphatic rings. The molecule has 0 amide bonds. The summed E-state index contributed by atoms with van der Waals surface area (Å²) in [6.45, 7) is 4.70. The van der Waals surface area contributed by atoms with Crippen molar-refractivity contribution >= 4 is 89.6 Å². The fraction of sp³-hybridized carbons (Fsp3) is 0.115. The standard InChI is InChI=1S/C61H43NO3/c1-61(2)51-19-8-5-14-44(51)45-30-28-42(34-52(45)61)62(40-26-24-37(25-27-40)43-17-11-18-47-46-15-6-9-20-53(46)64-59(43)47)41-29-31-55-49(33-41)50-35-56-58(48-16-7-10-21-54(48)63-56)57(60(50)65-55)39-23-22-36-12-3-4-13-38(36)32-39/h3-9,11-20,24-35H,10,21-23H2,1-2H3. The normalized spacial score (nSPS) is 14.8. The van der Waals surface area contributed by atoms with Gasteiger partial charge in [-0.2, -0.15) is 0 Å². The highest BCUT2D eigenvalue weighted by atomic mass is 16.3. The number of hydrogen-bond acceptors (Lipinski definition) is 4. The van der Waals surface area contributed by atoms with Crippen molar-refractivity contribution < 1.29 is 13.3 Å². The monoisotopic (exact) mass is 837 g/mol. The van der Waals surface area contributed by atoms with Crippen LogP contribution in [0.2, 0.25) is 0 Å². The maximum absolute atomic E-state index is 7.05. The van der Waals surface area contributed by atoms with E-state index in [9.17, 15) is 0 Å². The number of allylic oxidation sites excluding steroid dienone is 2. The lowest BCUT2D eigenvalue weighted by molar-refractivity contribution is 0.546. The molecule has 0 bridgehead atoms. The third-order valence-electron chi connectivity index (χ3n) is 14.6. The molecule has 8 aromatic carbocycles. The molecule has 65 heavy (non-hydrogen) atoms. The Morgan fingerprint density at radius 1 is 0.508 bits per heavy atom. The number of benzene rings is 8. The molecule has 0 radical (unpaired) electrons. The smallest absolute Gasteiger partial charge is 0.143 e. The molecule has 0 fully saturated rings. The van der Waals surface area contributed by atoms with Crippen LogP contribution in [-0.4, -0.2) is 0 Å². The van der Waals surface area contributed by atoms with E-state index in [1.807, 2.05) is 12.1 Å². The number of nitrogens with zero attached hydrogens (tertiary/aromatic N) is 1. The van der Waals surface area contributed by atoms with Gasteiger partial charge in [-0.05, 0) is 118 Å². The molecule has 0 spiro atoms. The largest absolute Gasteiger partial charge is 0.460 e. The highest BCUT2D eigenvalue weighted by molar-refractivity contribution is 6.18. The second kappa shape index (κ2) is 13.6. The molecule has 11 aromatic rings. The van der Waals surface area contributed by atoms with Crippen molar-refractivity contribution in [1.82, 2.24) is 0 Å². The first-order valence-corrected chi connectivity index (χ1v) is 22.9. The first kappa shape index (κ1) is 36.6.